The summed E-state index contributed by atoms with van der Waals surface area (Å²) in [6, 6.07) is 3.77. The summed E-state index contributed by atoms with van der Waals surface area (Å²) in [7, 11) is 1.43. The largest absolute Gasteiger partial charge is 0.480 e. The fourth-order valence-corrected chi connectivity index (χ4v) is 1.31. The summed E-state index contributed by atoms with van der Waals surface area (Å²) >= 11 is 0. The van der Waals surface area contributed by atoms with Crippen LogP contribution < -0.4 is 0 Å². The first-order valence-electron chi connectivity index (χ1n) is 5.17. The van der Waals surface area contributed by atoms with Crippen LogP contribution >= 0.6 is 0 Å². The number of carbonyl (C=O) groups is 2. The normalized spacial score (nSPS) is 10.1. The molecule has 1 amide bonds. The van der Waals surface area contributed by atoms with Gasteiger partial charge in [0.05, 0.1) is 6.61 Å². The zero-order valence-corrected chi connectivity index (χ0v) is 9.80. The molecule has 0 aliphatic carbocycles. The van der Waals surface area contributed by atoms with Crippen LogP contribution in [0.15, 0.2) is 18.2 Å². The van der Waals surface area contributed by atoms with E-state index in [1.54, 1.807) is 0 Å². The summed E-state index contributed by atoms with van der Waals surface area (Å²) in [6.45, 7) is -0.200. The van der Waals surface area contributed by atoms with Crippen LogP contribution in [0.5, 0.6) is 0 Å². The van der Waals surface area contributed by atoms with E-state index in [4.69, 9.17) is 9.84 Å². The molecule has 0 saturated carbocycles. The molecule has 0 atom stereocenters. The fourth-order valence-electron chi connectivity index (χ4n) is 1.31. The van der Waals surface area contributed by atoms with E-state index in [0.717, 1.165) is 11.0 Å². The lowest BCUT2D eigenvalue weighted by molar-refractivity contribution is -0.137. The Morgan fingerprint density at radius 2 is 2.22 bits per heavy atom. The number of aromatic nitrogens is 1. The number of ether oxygens (including phenoxy) is 1. The number of hydrogen-bond acceptors (Lipinski definition) is 4. The van der Waals surface area contributed by atoms with Gasteiger partial charge in [-0.3, -0.25) is 9.59 Å². The van der Waals surface area contributed by atoms with Crippen LogP contribution in [0.2, 0.25) is 0 Å². The van der Waals surface area contributed by atoms with Gasteiger partial charge in [-0.05, 0) is 12.1 Å². The van der Waals surface area contributed by atoms with Crippen LogP contribution in [0.1, 0.15) is 10.5 Å². The molecule has 98 valence electrons. The Labute approximate surface area is 103 Å². The number of carboxylic acid groups (broad SMARTS) is 1. The average molecular weight is 256 g/mol. The Kier molecular flexibility index (Phi) is 5.19. The molecule has 0 unspecified atom stereocenters. The SMILES string of the molecule is COCCN(CC(=O)O)C(=O)c1cccc(F)n1. The van der Waals surface area contributed by atoms with Crippen LogP contribution in [-0.4, -0.2) is 53.7 Å². The number of pyridine rings is 1. The number of nitrogens with zero attached hydrogens (tertiary/aromatic N) is 2. The van der Waals surface area contributed by atoms with Crippen LogP contribution in [0.4, 0.5) is 4.39 Å². The highest BCUT2D eigenvalue weighted by molar-refractivity contribution is 5.94. The molecule has 0 aromatic carbocycles. The van der Waals surface area contributed by atoms with E-state index in [-0.39, 0.29) is 18.8 Å². The van der Waals surface area contributed by atoms with Crippen molar-refractivity contribution in [2.24, 2.45) is 0 Å². The molecule has 0 fully saturated rings. The van der Waals surface area contributed by atoms with Crippen LogP contribution in [0.3, 0.4) is 0 Å². The maximum Gasteiger partial charge on any atom is 0.323 e. The zero-order chi connectivity index (χ0) is 13.5. The molecule has 1 rings (SSSR count). The van der Waals surface area contributed by atoms with Crippen molar-refractivity contribution in [1.29, 1.82) is 0 Å². The van der Waals surface area contributed by atoms with Crippen molar-refractivity contribution in [2.45, 2.75) is 0 Å². The predicted molar refractivity (Wildman–Crippen MR) is 59.6 cm³/mol. The molecule has 0 bridgehead atoms. The third-order valence-corrected chi connectivity index (χ3v) is 2.11. The zero-order valence-electron chi connectivity index (χ0n) is 9.80. The monoisotopic (exact) mass is 256 g/mol. The number of methoxy groups -OCH3 is 1. The lowest BCUT2D eigenvalue weighted by Gasteiger charge is -2.19. The average Bonchev–Trinajstić information content (AvgIpc) is 2.33. The second-order valence-corrected chi connectivity index (χ2v) is 3.46. The third kappa shape index (κ3) is 4.10. The number of carbonyl (C=O) groups excluding carboxylic acids is 1. The van der Waals surface area contributed by atoms with Crippen LogP contribution in [0.25, 0.3) is 0 Å². The number of aliphatic carboxylic acids is 1. The second-order valence-electron chi connectivity index (χ2n) is 3.46. The van der Waals surface area contributed by atoms with Crippen molar-refractivity contribution in [1.82, 2.24) is 9.88 Å². The maximum absolute atomic E-state index is 12.9. The van der Waals surface area contributed by atoms with Crippen molar-refractivity contribution < 1.29 is 23.8 Å². The van der Waals surface area contributed by atoms with Crippen molar-refractivity contribution in [3.8, 4) is 0 Å². The summed E-state index contributed by atoms with van der Waals surface area (Å²) in [5.74, 6) is -2.59. The highest BCUT2D eigenvalue weighted by atomic mass is 19.1. The number of hydrogen-bond donors (Lipinski definition) is 1. The molecule has 7 heteroatoms. The summed E-state index contributed by atoms with van der Waals surface area (Å²) in [5, 5.41) is 8.70. The minimum atomic E-state index is -1.16. The van der Waals surface area contributed by atoms with Gasteiger partial charge < -0.3 is 14.7 Å². The van der Waals surface area contributed by atoms with Gasteiger partial charge >= 0.3 is 5.97 Å². The summed E-state index contributed by atoms with van der Waals surface area (Å²) < 4.78 is 17.7. The Bertz CT molecular complexity index is 439. The number of rotatable bonds is 6. The highest BCUT2D eigenvalue weighted by Crippen LogP contribution is 2.03. The van der Waals surface area contributed by atoms with E-state index in [0.29, 0.717) is 0 Å². The predicted octanol–water partition coefficient (Wildman–Crippen LogP) is 0.394. The molecular formula is C11H13FN2O4. The van der Waals surface area contributed by atoms with Gasteiger partial charge in [0, 0.05) is 13.7 Å². The molecule has 0 radical (unpaired) electrons. The number of halogens is 1. The van der Waals surface area contributed by atoms with Crippen molar-refractivity contribution >= 4 is 11.9 Å². The molecule has 0 aliphatic rings. The van der Waals surface area contributed by atoms with E-state index < -0.39 is 24.4 Å². The number of amides is 1. The van der Waals surface area contributed by atoms with Crippen LogP contribution in [-0.2, 0) is 9.53 Å². The first kappa shape index (κ1) is 14.0. The molecule has 1 N–H and O–H groups in total. The van der Waals surface area contributed by atoms with E-state index in [1.165, 1.54) is 19.2 Å². The first-order valence-corrected chi connectivity index (χ1v) is 5.17. The molecule has 1 aromatic heterocycles. The van der Waals surface area contributed by atoms with Gasteiger partial charge in [0.2, 0.25) is 5.95 Å². The van der Waals surface area contributed by atoms with E-state index in [9.17, 15) is 14.0 Å². The summed E-state index contributed by atoms with van der Waals surface area (Å²) in [6.07, 6.45) is 0. The Morgan fingerprint density at radius 1 is 1.50 bits per heavy atom. The van der Waals surface area contributed by atoms with Gasteiger partial charge in [0.15, 0.2) is 0 Å². The fraction of sp³-hybridized carbons (Fsp3) is 0.364. The molecule has 0 spiro atoms. The van der Waals surface area contributed by atoms with E-state index >= 15 is 0 Å². The summed E-state index contributed by atoms with van der Waals surface area (Å²) in [5.41, 5.74) is -0.132. The molecular weight excluding hydrogens is 243 g/mol. The lowest BCUT2D eigenvalue weighted by Crippen LogP contribution is -2.38. The van der Waals surface area contributed by atoms with E-state index in [1.807, 2.05) is 0 Å². The molecule has 6 nitrogen and oxygen atoms in total. The highest BCUT2D eigenvalue weighted by Gasteiger charge is 2.19. The standard InChI is InChI=1S/C11H13FN2O4/c1-18-6-5-14(7-10(15)16)11(17)8-3-2-4-9(12)13-8/h2-4H,5-7H2,1H3,(H,15,16). The molecule has 1 aromatic rings. The Hall–Kier alpha value is -2.02. The van der Waals surface area contributed by atoms with Crippen LogP contribution in [0, 0.1) is 5.95 Å². The molecule has 0 saturated heterocycles. The van der Waals surface area contributed by atoms with Gasteiger partial charge in [-0.15, -0.1) is 0 Å². The third-order valence-electron chi connectivity index (χ3n) is 2.11. The van der Waals surface area contributed by atoms with Gasteiger partial charge in [-0.1, -0.05) is 6.07 Å². The van der Waals surface area contributed by atoms with Gasteiger partial charge in [-0.25, -0.2) is 4.98 Å². The van der Waals surface area contributed by atoms with Crippen molar-refractivity contribution in [3.63, 3.8) is 0 Å². The minimum Gasteiger partial charge on any atom is -0.480 e. The number of carboxylic acids is 1. The van der Waals surface area contributed by atoms with E-state index in [2.05, 4.69) is 4.98 Å². The smallest absolute Gasteiger partial charge is 0.323 e. The lowest BCUT2D eigenvalue weighted by atomic mass is 10.3. The molecule has 18 heavy (non-hydrogen) atoms. The topological polar surface area (TPSA) is 79.7 Å². The quantitative estimate of drug-likeness (QED) is 0.745. The van der Waals surface area contributed by atoms with Crippen molar-refractivity contribution in [3.05, 3.63) is 29.8 Å². The first-order chi connectivity index (χ1) is 8.54. The van der Waals surface area contributed by atoms with Gasteiger partial charge in [-0.2, -0.15) is 4.39 Å². The molecule has 1 heterocycles. The second kappa shape index (κ2) is 6.65. The van der Waals surface area contributed by atoms with Crippen molar-refractivity contribution in [2.75, 3.05) is 26.8 Å². The Morgan fingerprint density at radius 3 is 2.78 bits per heavy atom. The Balaban J connectivity index is 2.83. The molecule has 0 aliphatic heterocycles. The summed E-state index contributed by atoms with van der Waals surface area (Å²) in [4.78, 5) is 27.0. The van der Waals surface area contributed by atoms with Gasteiger partial charge in [0.1, 0.15) is 12.2 Å². The maximum atomic E-state index is 12.9. The minimum absolute atomic E-state index is 0.0971. The van der Waals surface area contributed by atoms with Gasteiger partial charge in [0.25, 0.3) is 5.91 Å².